The van der Waals surface area contributed by atoms with Crippen molar-refractivity contribution in [2.45, 2.75) is 19.4 Å². The van der Waals surface area contributed by atoms with Crippen molar-refractivity contribution in [1.29, 1.82) is 0 Å². The lowest BCUT2D eigenvalue weighted by molar-refractivity contribution is 0.356. The molecule has 0 atom stereocenters. The Kier molecular flexibility index (Phi) is 3.91. The highest BCUT2D eigenvalue weighted by Crippen LogP contribution is 2.10. The van der Waals surface area contributed by atoms with E-state index >= 15 is 0 Å². The highest BCUT2D eigenvalue weighted by atomic mass is 32.1. The van der Waals surface area contributed by atoms with Crippen LogP contribution in [0.25, 0.3) is 0 Å². The highest BCUT2D eigenvalue weighted by molar-refractivity contribution is 7.09. The van der Waals surface area contributed by atoms with Gasteiger partial charge in [-0.1, -0.05) is 0 Å². The van der Waals surface area contributed by atoms with E-state index in [1.807, 2.05) is 11.6 Å². The summed E-state index contributed by atoms with van der Waals surface area (Å²) in [7, 11) is 0. The molecular formula is C10H17N3S. The molecule has 78 valence electrons. The number of thiazole rings is 1. The lowest BCUT2D eigenvalue weighted by atomic mass is 9.98. The van der Waals surface area contributed by atoms with E-state index in [0.717, 1.165) is 19.0 Å². The molecule has 0 aromatic carbocycles. The van der Waals surface area contributed by atoms with E-state index in [0.29, 0.717) is 0 Å². The van der Waals surface area contributed by atoms with E-state index in [2.05, 4.69) is 15.6 Å². The van der Waals surface area contributed by atoms with Gasteiger partial charge in [-0.25, -0.2) is 4.98 Å². The standard InChI is InChI=1S/C10H17N3S/c1-3-11-4-2-9(1)7-12-8-10-13-5-6-14-10/h5-6,9,11-12H,1-4,7-8H2. The fraction of sp³-hybridized carbons (Fsp3) is 0.700. The first-order valence-corrected chi connectivity index (χ1v) is 6.13. The Morgan fingerprint density at radius 2 is 2.36 bits per heavy atom. The molecule has 1 aromatic rings. The van der Waals surface area contributed by atoms with Crippen molar-refractivity contribution in [2.24, 2.45) is 5.92 Å². The van der Waals surface area contributed by atoms with E-state index in [1.54, 1.807) is 11.3 Å². The molecule has 0 aliphatic carbocycles. The van der Waals surface area contributed by atoms with Crippen LogP contribution in [0, 0.1) is 5.92 Å². The van der Waals surface area contributed by atoms with E-state index in [4.69, 9.17) is 0 Å². The molecule has 2 rings (SSSR count). The highest BCUT2D eigenvalue weighted by Gasteiger charge is 2.11. The molecule has 0 unspecified atom stereocenters. The van der Waals surface area contributed by atoms with Crippen molar-refractivity contribution in [2.75, 3.05) is 19.6 Å². The quantitative estimate of drug-likeness (QED) is 0.786. The predicted molar refractivity (Wildman–Crippen MR) is 59.4 cm³/mol. The fourth-order valence-corrected chi connectivity index (χ4v) is 2.40. The molecule has 1 fully saturated rings. The van der Waals surface area contributed by atoms with Gasteiger partial charge in [-0.3, -0.25) is 0 Å². The number of hydrogen-bond donors (Lipinski definition) is 2. The molecule has 1 saturated heterocycles. The SMILES string of the molecule is c1csc(CNCC2CCNCC2)n1. The largest absolute Gasteiger partial charge is 0.317 e. The van der Waals surface area contributed by atoms with Gasteiger partial charge in [0.2, 0.25) is 0 Å². The lowest BCUT2D eigenvalue weighted by Crippen LogP contribution is -2.33. The van der Waals surface area contributed by atoms with Crippen molar-refractivity contribution in [1.82, 2.24) is 15.6 Å². The van der Waals surface area contributed by atoms with E-state index in [1.165, 1.54) is 30.9 Å². The maximum Gasteiger partial charge on any atom is 0.106 e. The molecule has 0 saturated carbocycles. The van der Waals surface area contributed by atoms with Gasteiger partial charge >= 0.3 is 0 Å². The molecule has 3 nitrogen and oxygen atoms in total. The average molecular weight is 211 g/mol. The van der Waals surface area contributed by atoms with Crippen LogP contribution in [0.4, 0.5) is 0 Å². The Labute approximate surface area is 88.9 Å². The summed E-state index contributed by atoms with van der Waals surface area (Å²) in [4.78, 5) is 4.24. The second kappa shape index (κ2) is 5.44. The summed E-state index contributed by atoms with van der Waals surface area (Å²) in [5, 5.41) is 10.1. The number of aromatic nitrogens is 1. The third kappa shape index (κ3) is 3.04. The van der Waals surface area contributed by atoms with Gasteiger partial charge in [0.25, 0.3) is 0 Å². The van der Waals surface area contributed by atoms with Crippen molar-refractivity contribution in [3.05, 3.63) is 16.6 Å². The number of hydrogen-bond acceptors (Lipinski definition) is 4. The van der Waals surface area contributed by atoms with Gasteiger partial charge in [-0.15, -0.1) is 11.3 Å². The van der Waals surface area contributed by atoms with Gasteiger partial charge in [0.05, 0.1) is 0 Å². The normalized spacial score (nSPS) is 18.6. The van der Waals surface area contributed by atoms with Gasteiger partial charge < -0.3 is 10.6 Å². The van der Waals surface area contributed by atoms with Crippen LogP contribution < -0.4 is 10.6 Å². The zero-order valence-corrected chi connectivity index (χ0v) is 9.15. The summed E-state index contributed by atoms with van der Waals surface area (Å²) in [5.41, 5.74) is 0. The number of nitrogens with zero attached hydrogens (tertiary/aromatic N) is 1. The molecule has 14 heavy (non-hydrogen) atoms. The van der Waals surface area contributed by atoms with Gasteiger partial charge in [-0.2, -0.15) is 0 Å². The average Bonchev–Trinajstić information content (AvgIpc) is 2.72. The summed E-state index contributed by atoms with van der Waals surface area (Å²) in [6.45, 7) is 4.44. The molecule has 0 radical (unpaired) electrons. The van der Waals surface area contributed by atoms with Crippen molar-refractivity contribution in [3.8, 4) is 0 Å². The summed E-state index contributed by atoms with van der Waals surface area (Å²) in [6.07, 6.45) is 4.49. The zero-order valence-electron chi connectivity index (χ0n) is 8.33. The molecule has 4 heteroatoms. The van der Waals surface area contributed by atoms with Gasteiger partial charge in [0, 0.05) is 18.1 Å². The Hall–Kier alpha value is -0.450. The topological polar surface area (TPSA) is 37.0 Å². The van der Waals surface area contributed by atoms with Crippen molar-refractivity contribution in [3.63, 3.8) is 0 Å². The minimum Gasteiger partial charge on any atom is -0.317 e. The Morgan fingerprint density at radius 3 is 3.07 bits per heavy atom. The summed E-state index contributed by atoms with van der Waals surface area (Å²) < 4.78 is 0. The summed E-state index contributed by atoms with van der Waals surface area (Å²) in [5.74, 6) is 0.858. The maximum absolute atomic E-state index is 4.24. The number of rotatable bonds is 4. The maximum atomic E-state index is 4.24. The van der Waals surface area contributed by atoms with Crippen LogP contribution in [0.1, 0.15) is 17.8 Å². The first kappa shape index (κ1) is 10.1. The third-order valence-electron chi connectivity index (χ3n) is 2.65. The zero-order chi connectivity index (χ0) is 9.64. The molecule has 2 heterocycles. The fourth-order valence-electron chi connectivity index (χ4n) is 1.81. The Bertz CT molecular complexity index is 242. The monoisotopic (exact) mass is 211 g/mol. The molecule has 0 spiro atoms. The van der Waals surface area contributed by atoms with Gasteiger partial charge in [-0.05, 0) is 38.4 Å². The van der Waals surface area contributed by atoms with Crippen LogP contribution in [-0.2, 0) is 6.54 Å². The molecular weight excluding hydrogens is 194 g/mol. The molecule has 0 bridgehead atoms. The second-order valence-corrected chi connectivity index (χ2v) is 4.73. The van der Waals surface area contributed by atoms with Gasteiger partial charge in [0.1, 0.15) is 5.01 Å². The molecule has 1 aliphatic heterocycles. The number of nitrogens with one attached hydrogen (secondary N) is 2. The molecule has 0 amide bonds. The third-order valence-corrected chi connectivity index (χ3v) is 3.43. The minimum absolute atomic E-state index is 0.858. The lowest BCUT2D eigenvalue weighted by Gasteiger charge is -2.22. The first-order valence-electron chi connectivity index (χ1n) is 5.25. The first-order chi connectivity index (χ1) is 6.95. The van der Waals surface area contributed by atoms with E-state index in [-0.39, 0.29) is 0 Å². The molecule has 1 aromatic heterocycles. The van der Waals surface area contributed by atoms with Crippen LogP contribution in [0.15, 0.2) is 11.6 Å². The van der Waals surface area contributed by atoms with Crippen LogP contribution in [0.5, 0.6) is 0 Å². The van der Waals surface area contributed by atoms with Gasteiger partial charge in [0.15, 0.2) is 0 Å². The summed E-state index contributed by atoms with van der Waals surface area (Å²) >= 11 is 1.72. The molecule has 2 N–H and O–H groups in total. The summed E-state index contributed by atoms with van der Waals surface area (Å²) in [6, 6.07) is 0. The van der Waals surface area contributed by atoms with Crippen molar-refractivity contribution < 1.29 is 0 Å². The van der Waals surface area contributed by atoms with Crippen LogP contribution >= 0.6 is 11.3 Å². The van der Waals surface area contributed by atoms with Crippen molar-refractivity contribution >= 4 is 11.3 Å². The predicted octanol–water partition coefficient (Wildman–Crippen LogP) is 1.23. The Balaban J connectivity index is 1.62. The molecule has 1 aliphatic rings. The number of piperidine rings is 1. The second-order valence-electron chi connectivity index (χ2n) is 3.75. The minimum atomic E-state index is 0.858. The van der Waals surface area contributed by atoms with Crippen LogP contribution in [0.3, 0.4) is 0 Å². The van der Waals surface area contributed by atoms with E-state index in [9.17, 15) is 0 Å². The van der Waals surface area contributed by atoms with E-state index < -0.39 is 0 Å². The smallest absolute Gasteiger partial charge is 0.106 e. The Morgan fingerprint density at radius 1 is 1.50 bits per heavy atom. The van der Waals surface area contributed by atoms with Crippen LogP contribution in [0.2, 0.25) is 0 Å². The van der Waals surface area contributed by atoms with Crippen LogP contribution in [-0.4, -0.2) is 24.6 Å².